The van der Waals surface area contributed by atoms with E-state index in [-0.39, 0.29) is 17.5 Å². The molecule has 0 radical (unpaired) electrons. The molecule has 0 spiro atoms. The second-order valence-corrected chi connectivity index (χ2v) is 8.77. The number of nitrogens with zero attached hydrogens (tertiary/aromatic N) is 1. The Morgan fingerprint density at radius 3 is 2.46 bits per heavy atom. The lowest BCUT2D eigenvalue weighted by Gasteiger charge is -2.35. The second-order valence-electron chi connectivity index (χ2n) is 7.80. The van der Waals surface area contributed by atoms with E-state index in [9.17, 15) is 4.79 Å². The SMILES string of the molecule is CCN(C(=O)OC(C)(C)C)C(CC1=CC=C(Cl)C(Cl)C1)CC(C)C. The molecule has 0 bridgehead atoms. The number of carbonyl (C=O) groups excluding carboxylic acids is 1. The molecule has 2 unspecified atom stereocenters. The number of ether oxygens (including phenoxy) is 1. The predicted molar refractivity (Wildman–Crippen MR) is 103 cm³/mol. The van der Waals surface area contributed by atoms with Crippen molar-refractivity contribution in [3.63, 3.8) is 0 Å². The number of halogens is 2. The van der Waals surface area contributed by atoms with Crippen LogP contribution in [0.3, 0.4) is 0 Å². The van der Waals surface area contributed by atoms with Crippen molar-refractivity contribution in [3.8, 4) is 0 Å². The summed E-state index contributed by atoms with van der Waals surface area (Å²) < 4.78 is 5.59. The Balaban J connectivity index is 2.92. The summed E-state index contributed by atoms with van der Waals surface area (Å²) in [6, 6.07) is 0.102. The first-order chi connectivity index (χ1) is 11.0. The van der Waals surface area contributed by atoms with Crippen LogP contribution in [0.1, 0.15) is 60.8 Å². The predicted octanol–water partition coefficient (Wildman–Crippen LogP) is 6.11. The van der Waals surface area contributed by atoms with Gasteiger partial charge in [-0.1, -0.05) is 37.1 Å². The largest absolute Gasteiger partial charge is 0.444 e. The third kappa shape index (κ3) is 7.06. The molecule has 3 nitrogen and oxygen atoms in total. The van der Waals surface area contributed by atoms with E-state index in [1.54, 1.807) is 0 Å². The molecule has 0 aromatic heterocycles. The standard InChI is InChI=1S/C19H31Cl2NO2/c1-7-22(18(23)24-19(4,5)6)15(10-13(2)3)11-14-8-9-16(20)17(21)12-14/h8-9,13,15,17H,7,10-12H2,1-6H3. The third-order valence-corrected chi connectivity index (χ3v) is 4.76. The molecule has 0 saturated carbocycles. The number of alkyl halides is 1. The summed E-state index contributed by atoms with van der Waals surface area (Å²) in [7, 11) is 0. The van der Waals surface area contributed by atoms with E-state index in [1.807, 2.05) is 44.7 Å². The van der Waals surface area contributed by atoms with Crippen LogP contribution in [0.25, 0.3) is 0 Å². The fraction of sp³-hybridized carbons (Fsp3) is 0.737. The zero-order chi connectivity index (χ0) is 18.5. The van der Waals surface area contributed by atoms with E-state index in [2.05, 4.69) is 13.8 Å². The fourth-order valence-electron chi connectivity index (χ4n) is 2.87. The average molecular weight is 376 g/mol. The molecule has 0 fully saturated rings. The van der Waals surface area contributed by atoms with E-state index in [4.69, 9.17) is 27.9 Å². The van der Waals surface area contributed by atoms with Gasteiger partial charge in [-0.25, -0.2) is 4.79 Å². The van der Waals surface area contributed by atoms with E-state index in [0.29, 0.717) is 17.5 Å². The number of hydrogen-bond donors (Lipinski definition) is 0. The van der Waals surface area contributed by atoms with Gasteiger partial charge in [0.15, 0.2) is 0 Å². The summed E-state index contributed by atoms with van der Waals surface area (Å²) >= 11 is 12.3. The van der Waals surface area contributed by atoms with Crippen molar-refractivity contribution in [3.05, 3.63) is 22.8 Å². The van der Waals surface area contributed by atoms with Crippen molar-refractivity contribution in [1.82, 2.24) is 4.90 Å². The normalized spacial score (nSPS) is 19.6. The minimum atomic E-state index is -0.492. The second kappa shape index (κ2) is 9.15. The lowest BCUT2D eigenvalue weighted by molar-refractivity contribution is 0.0153. The summed E-state index contributed by atoms with van der Waals surface area (Å²) in [6.07, 6.45) is 6.12. The number of carbonyl (C=O) groups is 1. The fourth-order valence-corrected chi connectivity index (χ4v) is 3.28. The van der Waals surface area contributed by atoms with Crippen molar-refractivity contribution < 1.29 is 9.53 Å². The van der Waals surface area contributed by atoms with Gasteiger partial charge in [-0.3, -0.25) is 0 Å². The molecule has 1 aliphatic rings. The molecular formula is C19H31Cl2NO2. The molecule has 1 amide bonds. The zero-order valence-corrected chi connectivity index (χ0v) is 17.2. The number of hydrogen-bond acceptors (Lipinski definition) is 2. The summed E-state index contributed by atoms with van der Waals surface area (Å²) in [4.78, 5) is 14.4. The average Bonchev–Trinajstić information content (AvgIpc) is 2.41. The first kappa shape index (κ1) is 21.4. The summed E-state index contributed by atoms with van der Waals surface area (Å²) in [5, 5.41) is 0.517. The minimum Gasteiger partial charge on any atom is -0.444 e. The van der Waals surface area contributed by atoms with Crippen LogP contribution in [0.15, 0.2) is 22.8 Å². The van der Waals surface area contributed by atoms with Gasteiger partial charge in [-0.2, -0.15) is 0 Å². The first-order valence-electron chi connectivity index (χ1n) is 8.72. The smallest absolute Gasteiger partial charge is 0.410 e. The lowest BCUT2D eigenvalue weighted by Crippen LogP contribution is -2.44. The van der Waals surface area contributed by atoms with Gasteiger partial charge in [-0.15, -0.1) is 11.6 Å². The van der Waals surface area contributed by atoms with Gasteiger partial charge in [0.05, 0.1) is 5.38 Å². The van der Waals surface area contributed by atoms with Crippen molar-refractivity contribution in [2.24, 2.45) is 5.92 Å². The summed E-state index contributed by atoms with van der Waals surface area (Å²) in [5.74, 6) is 0.488. The molecule has 0 heterocycles. The highest BCUT2D eigenvalue weighted by Gasteiger charge is 2.29. The highest BCUT2D eigenvalue weighted by Crippen LogP contribution is 2.31. The maximum atomic E-state index is 12.6. The van der Waals surface area contributed by atoms with E-state index < -0.39 is 5.60 Å². The molecule has 138 valence electrons. The van der Waals surface area contributed by atoms with Crippen LogP contribution in [0.2, 0.25) is 0 Å². The number of allylic oxidation sites excluding steroid dienone is 3. The van der Waals surface area contributed by atoms with Gasteiger partial charge in [0.25, 0.3) is 0 Å². The van der Waals surface area contributed by atoms with Crippen molar-refractivity contribution in [1.29, 1.82) is 0 Å². The molecule has 0 aromatic carbocycles. The monoisotopic (exact) mass is 375 g/mol. The Bertz CT molecular complexity index is 492. The molecule has 1 aliphatic carbocycles. The topological polar surface area (TPSA) is 29.5 Å². The molecule has 0 N–H and O–H groups in total. The van der Waals surface area contributed by atoms with Gasteiger partial charge in [-0.05, 0) is 59.0 Å². The van der Waals surface area contributed by atoms with Crippen LogP contribution < -0.4 is 0 Å². The first-order valence-corrected chi connectivity index (χ1v) is 9.53. The Morgan fingerprint density at radius 1 is 1.38 bits per heavy atom. The van der Waals surface area contributed by atoms with E-state index in [1.165, 1.54) is 5.57 Å². The van der Waals surface area contributed by atoms with Crippen LogP contribution in [0.4, 0.5) is 4.79 Å². The molecule has 5 heteroatoms. The van der Waals surface area contributed by atoms with Crippen LogP contribution in [0.5, 0.6) is 0 Å². The van der Waals surface area contributed by atoms with Crippen molar-refractivity contribution >= 4 is 29.3 Å². The molecule has 1 rings (SSSR count). The Hall–Kier alpha value is -0.670. The van der Waals surface area contributed by atoms with Crippen LogP contribution in [-0.2, 0) is 4.74 Å². The van der Waals surface area contributed by atoms with Crippen LogP contribution >= 0.6 is 23.2 Å². The van der Waals surface area contributed by atoms with Gasteiger partial charge in [0.1, 0.15) is 5.60 Å². The highest BCUT2D eigenvalue weighted by molar-refractivity contribution is 6.37. The van der Waals surface area contributed by atoms with Crippen molar-refractivity contribution in [2.45, 2.75) is 77.8 Å². The number of rotatable bonds is 6. The molecule has 2 atom stereocenters. The van der Waals surface area contributed by atoms with Gasteiger partial charge in [0, 0.05) is 17.6 Å². The lowest BCUT2D eigenvalue weighted by atomic mass is 9.92. The molecule has 24 heavy (non-hydrogen) atoms. The maximum Gasteiger partial charge on any atom is 0.410 e. The minimum absolute atomic E-state index is 0.102. The van der Waals surface area contributed by atoms with E-state index in [0.717, 1.165) is 19.3 Å². The molecule has 0 saturated heterocycles. The van der Waals surface area contributed by atoms with Gasteiger partial charge >= 0.3 is 6.09 Å². The molecule has 0 aromatic rings. The molecular weight excluding hydrogens is 345 g/mol. The highest BCUT2D eigenvalue weighted by atomic mass is 35.5. The van der Waals surface area contributed by atoms with E-state index >= 15 is 0 Å². The molecule has 0 aliphatic heterocycles. The Labute approximate surface area is 157 Å². The van der Waals surface area contributed by atoms with Gasteiger partial charge in [0.2, 0.25) is 0 Å². The third-order valence-electron chi connectivity index (χ3n) is 3.87. The van der Waals surface area contributed by atoms with Crippen LogP contribution in [0, 0.1) is 5.92 Å². The zero-order valence-electron chi connectivity index (χ0n) is 15.7. The summed E-state index contributed by atoms with van der Waals surface area (Å²) in [6.45, 7) is 12.6. The van der Waals surface area contributed by atoms with Gasteiger partial charge < -0.3 is 9.64 Å². The van der Waals surface area contributed by atoms with Crippen molar-refractivity contribution in [2.75, 3.05) is 6.54 Å². The number of amides is 1. The maximum absolute atomic E-state index is 12.6. The Morgan fingerprint density at radius 2 is 2.00 bits per heavy atom. The quantitative estimate of drug-likeness (QED) is 0.524. The van der Waals surface area contributed by atoms with Crippen LogP contribution in [-0.4, -0.2) is 34.6 Å². The Kier molecular flexibility index (Phi) is 8.14. The summed E-state index contributed by atoms with van der Waals surface area (Å²) in [5.41, 5.74) is 0.737.